The van der Waals surface area contributed by atoms with Crippen molar-refractivity contribution in [3.63, 3.8) is 0 Å². The van der Waals surface area contributed by atoms with Crippen molar-refractivity contribution in [2.45, 2.75) is 13.0 Å². The summed E-state index contributed by atoms with van der Waals surface area (Å²) in [4.78, 5) is 23.6. The number of carbonyl (C=O) groups excluding carboxylic acids is 1. The molecule has 1 N–H and O–H groups in total. The summed E-state index contributed by atoms with van der Waals surface area (Å²) in [7, 11) is 1.45. The van der Waals surface area contributed by atoms with E-state index in [1.807, 2.05) is 0 Å². The molecule has 92 valence electrons. The number of aliphatic carboxylic acids is 1. The van der Waals surface area contributed by atoms with E-state index in [0.29, 0.717) is 15.1 Å². The van der Waals surface area contributed by atoms with Crippen molar-refractivity contribution in [2.24, 2.45) is 0 Å². The Hall–Kier alpha value is -1.07. The number of likely N-dealkylation sites (N-methyl/N-ethyl adjacent to an activating group) is 1. The van der Waals surface area contributed by atoms with Gasteiger partial charge in [0.05, 0.1) is 5.02 Å². The molecule has 0 radical (unpaired) electrons. The number of rotatable bonds is 3. The molecule has 0 saturated heterocycles. The van der Waals surface area contributed by atoms with Gasteiger partial charge in [0.1, 0.15) is 0 Å². The Morgan fingerprint density at radius 1 is 1.47 bits per heavy atom. The average Bonchev–Trinajstić information content (AvgIpc) is 2.22. The second-order valence-corrected chi connectivity index (χ2v) is 4.81. The minimum Gasteiger partial charge on any atom is -0.479 e. The predicted octanol–water partition coefficient (Wildman–Crippen LogP) is 2.71. The van der Waals surface area contributed by atoms with Crippen LogP contribution in [0.25, 0.3) is 0 Å². The SMILES string of the molecule is CC(=O)N(C)C(C(=O)O)c1ccc(Cl)c(Br)c1. The highest BCUT2D eigenvalue weighted by molar-refractivity contribution is 9.10. The molecule has 4 nitrogen and oxygen atoms in total. The van der Waals surface area contributed by atoms with Gasteiger partial charge in [0, 0.05) is 18.4 Å². The lowest BCUT2D eigenvalue weighted by Gasteiger charge is -2.24. The molecule has 1 aromatic rings. The summed E-state index contributed by atoms with van der Waals surface area (Å²) in [6, 6.07) is 3.76. The first kappa shape index (κ1) is 14.0. The molecule has 1 atom stereocenters. The summed E-state index contributed by atoms with van der Waals surface area (Å²) in [6.45, 7) is 1.32. The van der Waals surface area contributed by atoms with Gasteiger partial charge in [-0.15, -0.1) is 0 Å². The van der Waals surface area contributed by atoms with Crippen LogP contribution in [0.2, 0.25) is 5.02 Å². The van der Waals surface area contributed by atoms with Crippen LogP contribution in [0.5, 0.6) is 0 Å². The van der Waals surface area contributed by atoms with Gasteiger partial charge in [-0.05, 0) is 33.6 Å². The molecule has 1 aromatic carbocycles. The topological polar surface area (TPSA) is 57.6 Å². The largest absolute Gasteiger partial charge is 0.479 e. The van der Waals surface area contributed by atoms with Gasteiger partial charge in [-0.1, -0.05) is 17.7 Å². The molecule has 0 heterocycles. The molecule has 0 fully saturated rings. The molecule has 0 aliphatic rings. The standard InChI is InChI=1S/C11H11BrClNO3/c1-6(15)14(2)10(11(16)17)7-3-4-9(13)8(12)5-7/h3-5,10H,1-2H3,(H,16,17). The van der Waals surface area contributed by atoms with Crippen molar-refractivity contribution >= 4 is 39.4 Å². The molecule has 1 amide bonds. The lowest BCUT2D eigenvalue weighted by atomic mass is 10.1. The van der Waals surface area contributed by atoms with Crippen LogP contribution in [-0.2, 0) is 9.59 Å². The van der Waals surface area contributed by atoms with Crippen molar-refractivity contribution < 1.29 is 14.7 Å². The quantitative estimate of drug-likeness (QED) is 0.931. The molecule has 0 aromatic heterocycles. The van der Waals surface area contributed by atoms with Gasteiger partial charge in [0.2, 0.25) is 5.91 Å². The van der Waals surface area contributed by atoms with Gasteiger partial charge >= 0.3 is 5.97 Å². The van der Waals surface area contributed by atoms with Gasteiger partial charge in [0.15, 0.2) is 6.04 Å². The number of hydrogen-bond donors (Lipinski definition) is 1. The van der Waals surface area contributed by atoms with E-state index in [4.69, 9.17) is 16.7 Å². The molecule has 0 spiro atoms. The average molecular weight is 321 g/mol. The lowest BCUT2D eigenvalue weighted by Crippen LogP contribution is -2.34. The molecule has 1 rings (SSSR count). The zero-order valence-electron chi connectivity index (χ0n) is 9.28. The molecule has 0 aliphatic heterocycles. The smallest absolute Gasteiger partial charge is 0.331 e. The number of halogens is 2. The van der Waals surface area contributed by atoms with Crippen LogP contribution < -0.4 is 0 Å². The number of nitrogens with zero attached hydrogens (tertiary/aromatic N) is 1. The molecule has 0 bridgehead atoms. The number of amides is 1. The van der Waals surface area contributed by atoms with Crippen molar-refractivity contribution in [1.29, 1.82) is 0 Å². The van der Waals surface area contributed by atoms with Crippen LogP contribution >= 0.6 is 27.5 Å². The Morgan fingerprint density at radius 3 is 2.47 bits per heavy atom. The second-order valence-electron chi connectivity index (χ2n) is 3.54. The first-order chi connectivity index (χ1) is 7.84. The van der Waals surface area contributed by atoms with E-state index in [0.717, 1.165) is 4.90 Å². The summed E-state index contributed by atoms with van der Waals surface area (Å²) >= 11 is 9.05. The molecular weight excluding hydrogens is 309 g/mol. The van der Waals surface area contributed by atoms with Gasteiger partial charge < -0.3 is 10.0 Å². The van der Waals surface area contributed by atoms with Crippen LogP contribution in [0, 0.1) is 0 Å². The van der Waals surface area contributed by atoms with E-state index in [9.17, 15) is 9.59 Å². The third kappa shape index (κ3) is 3.20. The van der Waals surface area contributed by atoms with Crippen LogP contribution in [0.3, 0.4) is 0 Å². The predicted molar refractivity (Wildman–Crippen MR) is 68.0 cm³/mol. The molecule has 0 saturated carbocycles. The third-order valence-corrected chi connectivity index (χ3v) is 3.59. The lowest BCUT2D eigenvalue weighted by molar-refractivity contribution is -0.148. The maximum absolute atomic E-state index is 11.2. The van der Waals surface area contributed by atoms with Crippen LogP contribution in [0.4, 0.5) is 0 Å². The van der Waals surface area contributed by atoms with Gasteiger partial charge in [-0.3, -0.25) is 4.79 Å². The highest BCUT2D eigenvalue weighted by Gasteiger charge is 2.26. The highest BCUT2D eigenvalue weighted by Crippen LogP contribution is 2.28. The fourth-order valence-electron chi connectivity index (χ4n) is 1.40. The fourth-order valence-corrected chi connectivity index (χ4v) is 1.91. The Labute approximate surface area is 112 Å². The maximum atomic E-state index is 11.2. The maximum Gasteiger partial charge on any atom is 0.331 e. The number of hydrogen-bond acceptors (Lipinski definition) is 2. The van der Waals surface area contributed by atoms with Gasteiger partial charge in [-0.25, -0.2) is 4.79 Å². The molecule has 6 heteroatoms. The first-order valence-corrected chi connectivity index (χ1v) is 5.93. The van der Waals surface area contributed by atoms with E-state index in [-0.39, 0.29) is 5.91 Å². The monoisotopic (exact) mass is 319 g/mol. The molecule has 17 heavy (non-hydrogen) atoms. The summed E-state index contributed by atoms with van der Waals surface area (Å²) in [6.07, 6.45) is 0. The van der Waals surface area contributed by atoms with Crippen molar-refractivity contribution in [2.75, 3.05) is 7.05 Å². The van der Waals surface area contributed by atoms with Crippen LogP contribution in [0.1, 0.15) is 18.5 Å². The van der Waals surface area contributed by atoms with Crippen LogP contribution in [0.15, 0.2) is 22.7 Å². The zero-order valence-corrected chi connectivity index (χ0v) is 11.6. The number of benzene rings is 1. The minimum absolute atomic E-state index is 0.316. The van der Waals surface area contributed by atoms with Crippen molar-refractivity contribution in [3.05, 3.63) is 33.3 Å². The Bertz CT molecular complexity index is 464. The molecule has 1 unspecified atom stereocenters. The van der Waals surface area contributed by atoms with Crippen molar-refractivity contribution in [1.82, 2.24) is 4.90 Å². The number of carboxylic acids is 1. The minimum atomic E-state index is -1.09. The second kappa shape index (κ2) is 5.51. The van der Waals surface area contributed by atoms with Gasteiger partial charge in [-0.2, -0.15) is 0 Å². The van der Waals surface area contributed by atoms with Crippen molar-refractivity contribution in [3.8, 4) is 0 Å². The Morgan fingerprint density at radius 2 is 2.06 bits per heavy atom. The Balaban J connectivity index is 3.19. The zero-order chi connectivity index (χ0) is 13.2. The van der Waals surface area contributed by atoms with Crippen LogP contribution in [-0.4, -0.2) is 28.9 Å². The number of carbonyl (C=O) groups is 2. The molecule has 0 aliphatic carbocycles. The summed E-state index contributed by atoms with van der Waals surface area (Å²) in [5, 5.41) is 9.65. The first-order valence-electron chi connectivity index (χ1n) is 4.75. The highest BCUT2D eigenvalue weighted by atomic mass is 79.9. The van der Waals surface area contributed by atoms with E-state index < -0.39 is 12.0 Å². The fraction of sp³-hybridized carbons (Fsp3) is 0.273. The third-order valence-electron chi connectivity index (χ3n) is 2.38. The van der Waals surface area contributed by atoms with E-state index in [2.05, 4.69) is 15.9 Å². The van der Waals surface area contributed by atoms with E-state index in [1.54, 1.807) is 18.2 Å². The van der Waals surface area contributed by atoms with Gasteiger partial charge in [0.25, 0.3) is 0 Å². The summed E-state index contributed by atoms with van der Waals surface area (Å²) in [5.74, 6) is -1.40. The number of carboxylic acid groups (broad SMARTS) is 1. The summed E-state index contributed by atoms with van der Waals surface area (Å²) < 4.78 is 0.597. The summed E-state index contributed by atoms with van der Waals surface area (Å²) in [5.41, 5.74) is 0.492. The Kier molecular flexibility index (Phi) is 4.54. The molecular formula is C11H11BrClNO3. The van der Waals surface area contributed by atoms with E-state index >= 15 is 0 Å². The normalized spacial score (nSPS) is 12.0. The van der Waals surface area contributed by atoms with E-state index in [1.165, 1.54) is 14.0 Å².